The second-order valence-electron chi connectivity index (χ2n) is 6.14. The van der Waals surface area contributed by atoms with E-state index in [4.69, 9.17) is 0 Å². The lowest BCUT2D eigenvalue weighted by atomic mass is 10.0. The van der Waals surface area contributed by atoms with Gasteiger partial charge < -0.3 is 15.1 Å². The summed E-state index contributed by atoms with van der Waals surface area (Å²) in [6.45, 7) is 7.75. The quantitative estimate of drug-likeness (QED) is 0.871. The average Bonchev–Trinajstić information content (AvgIpc) is 2.47. The van der Waals surface area contributed by atoms with Gasteiger partial charge in [-0.05, 0) is 80.1 Å². The van der Waals surface area contributed by atoms with Gasteiger partial charge in [0.2, 0.25) is 0 Å². The summed E-state index contributed by atoms with van der Waals surface area (Å²) in [4.78, 5) is 4.86. The number of hydrogen-bond acceptors (Lipinski definition) is 3. The Morgan fingerprint density at radius 2 is 2.05 bits per heavy atom. The van der Waals surface area contributed by atoms with Gasteiger partial charge in [-0.3, -0.25) is 0 Å². The van der Waals surface area contributed by atoms with Crippen molar-refractivity contribution >= 4 is 21.6 Å². The van der Waals surface area contributed by atoms with Gasteiger partial charge in [-0.15, -0.1) is 0 Å². The van der Waals surface area contributed by atoms with Gasteiger partial charge in [0, 0.05) is 23.6 Å². The number of halogens is 1. The number of nitrogens with one attached hydrogen (secondary N) is 1. The highest BCUT2D eigenvalue weighted by molar-refractivity contribution is 9.10. The topological polar surface area (TPSA) is 18.5 Å². The number of piperidine rings is 1. The fourth-order valence-electron chi connectivity index (χ4n) is 3.08. The summed E-state index contributed by atoms with van der Waals surface area (Å²) in [7, 11) is 4.44. The molecule has 1 N–H and O–H groups in total. The van der Waals surface area contributed by atoms with Gasteiger partial charge in [0.25, 0.3) is 0 Å². The van der Waals surface area contributed by atoms with E-state index in [2.05, 4.69) is 77.2 Å². The van der Waals surface area contributed by atoms with Crippen LogP contribution in [0.25, 0.3) is 0 Å². The third-order valence-corrected chi connectivity index (χ3v) is 5.23. The van der Waals surface area contributed by atoms with Gasteiger partial charge in [-0.2, -0.15) is 0 Å². The highest BCUT2D eigenvalue weighted by atomic mass is 79.9. The van der Waals surface area contributed by atoms with Crippen molar-refractivity contribution in [2.45, 2.75) is 38.8 Å². The van der Waals surface area contributed by atoms with Crippen LogP contribution in [0.3, 0.4) is 0 Å². The Hall–Kier alpha value is -0.580. The molecule has 2 rings (SSSR count). The van der Waals surface area contributed by atoms with Crippen LogP contribution in [-0.2, 0) is 0 Å². The number of anilines is 1. The highest BCUT2D eigenvalue weighted by Gasteiger charge is 2.22. The van der Waals surface area contributed by atoms with Crippen molar-refractivity contribution in [2.75, 3.05) is 38.6 Å². The lowest BCUT2D eigenvalue weighted by Gasteiger charge is -2.37. The van der Waals surface area contributed by atoms with E-state index in [1.807, 2.05) is 0 Å². The summed E-state index contributed by atoms with van der Waals surface area (Å²) in [5.41, 5.74) is 2.64. The first-order valence-corrected chi connectivity index (χ1v) is 8.76. The number of nitrogens with zero attached hydrogens (tertiary/aromatic N) is 2. The SMILES string of the molecule is CCNC(C)c1ccc(N(C)C2CCN(C)CC2)c(Br)c1. The summed E-state index contributed by atoms with van der Waals surface area (Å²) in [6.07, 6.45) is 2.49. The van der Waals surface area contributed by atoms with Crippen molar-refractivity contribution in [3.8, 4) is 0 Å². The van der Waals surface area contributed by atoms with E-state index in [9.17, 15) is 0 Å². The van der Waals surface area contributed by atoms with Crippen molar-refractivity contribution in [2.24, 2.45) is 0 Å². The van der Waals surface area contributed by atoms with E-state index in [1.54, 1.807) is 0 Å². The fourth-order valence-corrected chi connectivity index (χ4v) is 3.76. The van der Waals surface area contributed by atoms with Crippen LogP contribution in [0.4, 0.5) is 5.69 Å². The van der Waals surface area contributed by atoms with Gasteiger partial charge in [0.15, 0.2) is 0 Å². The molecule has 1 aromatic carbocycles. The predicted octanol–water partition coefficient (Wildman–Crippen LogP) is 3.65. The third-order valence-electron chi connectivity index (χ3n) is 4.60. The standard InChI is InChI=1S/C17H28BrN3/c1-5-19-13(2)14-6-7-17(16(18)12-14)21(4)15-8-10-20(3)11-9-15/h6-7,12-13,15,19H,5,8-11H2,1-4H3. The summed E-state index contributed by atoms with van der Waals surface area (Å²) in [6, 6.07) is 7.81. The molecule has 1 fully saturated rings. The number of hydrogen-bond donors (Lipinski definition) is 1. The Morgan fingerprint density at radius 3 is 2.62 bits per heavy atom. The minimum absolute atomic E-state index is 0.397. The zero-order valence-corrected chi connectivity index (χ0v) is 15.3. The molecule has 21 heavy (non-hydrogen) atoms. The molecule has 0 aromatic heterocycles. The van der Waals surface area contributed by atoms with Crippen molar-refractivity contribution < 1.29 is 0 Å². The van der Waals surface area contributed by atoms with Crippen molar-refractivity contribution in [1.29, 1.82) is 0 Å². The second kappa shape index (κ2) is 7.61. The maximum Gasteiger partial charge on any atom is 0.0510 e. The molecule has 1 aliphatic heterocycles. The van der Waals surface area contributed by atoms with Crippen molar-refractivity contribution in [3.63, 3.8) is 0 Å². The van der Waals surface area contributed by atoms with Crippen LogP contribution in [0, 0.1) is 0 Å². The monoisotopic (exact) mass is 353 g/mol. The molecule has 0 aliphatic carbocycles. The van der Waals surface area contributed by atoms with E-state index in [1.165, 1.54) is 41.7 Å². The minimum Gasteiger partial charge on any atom is -0.371 e. The Morgan fingerprint density at radius 1 is 1.38 bits per heavy atom. The molecule has 1 aromatic rings. The lowest BCUT2D eigenvalue weighted by molar-refractivity contribution is 0.253. The molecule has 0 amide bonds. The maximum atomic E-state index is 3.77. The van der Waals surface area contributed by atoms with Crippen LogP contribution in [0.1, 0.15) is 38.3 Å². The zero-order chi connectivity index (χ0) is 15.4. The van der Waals surface area contributed by atoms with E-state index >= 15 is 0 Å². The Labute approximate surface area is 137 Å². The molecule has 0 saturated carbocycles. The average molecular weight is 354 g/mol. The largest absolute Gasteiger partial charge is 0.371 e. The van der Waals surface area contributed by atoms with Gasteiger partial charge in [-0.25, -0.2) is 0 Å². The van der Waals surface area contributed by atoms with Gasteiger partial charge in [-0.1, -0.05) is 13.0 Å². The van der Waals surface area contributed by atoms with Crippen LogP contribution >= 0.6 is 15.9 Å². The molecule has 0 radical (unpaired) electrons. The van der Waals surface area contributed by atoms with Crippen LogP contribution in [-0.4, -0.2) is 44.7 Å². The van der Waals surface area contributed by atoms with Crippen molar-refractivity contribution in [1.82, 2.24) is 10.2 Å². The van der Waals surface area contributed by atoms with Crippen LogP contribution in [0.5, 0.6) is 0 Å². The molecule has 1 aliphatic rings. The summed E-state index contributed by atoms with van der Waals surface area (Å²) in [5, 5.41) is 3.47. The molecule has 1 saturated heterocycles. The first-order valence-electron chi connectivity index (χ1n) is 7.97. The van der Waals surface area contributed by atoms with Crippen LogP contribution in [0.2, 0.25) is 0 Å². The molecular formula is C17H28BrN3. The van der Waals surface area contributed by atoms with Gasteiger partial charge in [0.05, 0.1) is 5.69 Å². The van der Waals surface area contributed by atoms with E-state index in [-0.39, 0.29) is 0 Å². The van der Waals surface area contributed by atoms with E-state index in [0.717, 1.165) is 6.54 Å². The number of benzene rings is 1. The maximum absolute atomic E-state index is 3.77. The summed E-state index contributed by atoms with van der Waals surface area (Å²) >= 11 is 3.77. The van der Waals surface area contributed by atoms with E-state index < -0.39 is 0 Å². The third kappa shape index (κ3) is 4.21. The molecule has 3 nitrogen and oxygen atoms in total. The normalized spacial score (nSPS) is 18.7. The molecular weight excluding hydrogens is 326 g/mol. The summed E-state index contributed by atoms with van der Waals surface area (Å²) < 4.78 is 1.20. The molecule has 118 valence electrons. The summed E-state index contributed by atoms with van der Waals surface area (Å²) in [5.74, 6) is 0. The molecule has 1 unspecified atom stereocenters. The molecule has 0 spiro atoms. The Balaban J connectivity index is 2.09. The predicted molar refractivity (Wildman–Crippen MR) is 95.2 cm³/mol. The lowest BCUT2D eigenvalue weighted by Crippen LogP contribution is -2.42. The number of likely N-dealkylation sites (tertiary alicyclic amines) is 1. The zero-order valence-electron chi connectivity index (χ0n) is 13.7. The molecule has 0 bridgehead atoms. The first-order chi connectivity index (χ1) is 10.0. The Kier molecular flexibility index (Phi) is 6.08. The second-order valence-corrected chi connectivity index (χ2v) is 6.99. The fraction of sp³-hybridized carbons (Fsp3) is 0.647. The molecule has 1 atom stereocenters. The number of rotatable bonds is 5. The molecule has 4 heteroatoms. The van der Waals surface area contributed by atoms with Crippen LogP contribution in [0.15, 0.2) is 22.7 Å². The minimum atomic E-state index is 0.397. The van der Waals surface area contributed by atoms with Crippen LogP contribution < -0.4 is 10.2 Å². The Bertz CT molecular complexity index is 455. The van der Waals surface area contributed by atoms with Gasteiger partial charge >= 0.3 is 0 Å². The van der Waals surface area contributed by atoms with Crippen molar-refractivity contribution in [3.05, 3.63) is 28.2 Å². The van der Waals surface area contributed by atoms with E-state index in [0.29, 0.717) is 12.1 Å². The molecule has 1 heterocycles. The smallest absolute Gasteiger partial charge is 0.0510 e. The van der Waals surface area contributed by atoms with Gasteiger partial charge in [0.1, 0.15) is 0 Å². The first kappa shape index (κ1) is 16.8. The highest BCUT2D eigenvalue weighted by Crippen LogP contribution is 2.31.